The van der Waals surface area contributed by atoms with Crippen LogP contribution in [-0.4, -0.2) is 13.2 Å². The van der Waals surface area contributed by atoms with Crippen LogP contribution in [0.2, 0.25) is 0 Å². The maximum absolute atomic E-state index is 5.20. The molecule has 0 unspecified atom stereocenters. The van der Waals surface area contributed by atoms with Gasteiger partial charge in [0.05, 0.1) is 12.8 Å². The molecule has 0 radical (unpaired) electrons. The Kier molecular flexibility index (Phi) is 12.6. The molecule has 0 amide bonds. The van der Waals surface area contributed by atoms with E-state index in [0.717, 1.165) is 19.0 Å². The second-order valence-corrected chi connectivity index (χ2v) is 2.06. The average molecular weight is 188 g/mol. The minimum absolute atomic E-state index is 0. The molecule has 1 rings (SSSR count). The Hall–Kier alpha value is -0.840. The van der Waals surface area contributed by atoms with Crippen molar-refractivity contribution in [2.75, 3.05) is 13.2 Å². The van der Waals surface area contributed by atoms with Crippen LogP contribution >= 0.6 is 0 Å². The SMILES string of the molecule is CCOCC.N.NCc1ccco1. The zero-order valence-corrected chi connectivity index (χ0v) is 8.45. The number of rotatable bonds is 3. The predicted octanol–water partition coefficient (Wildman–Crippen LogP) is 1.94. The van der Waals surface area contributed by atoms with Crippen LogP contribution in [0.5, 0.6) is 0 Å². The lowest BCUT2D eigenvalue weighted by Gasteiger charge is -1.86. The molecule has 0 saturated carbocycles. The second-order valence-electron chi connectivity index (χ2n) is 2.06. The van der Waals surface area contributed by atoms with E-state index >= 15 is 0 Å². The van der Waals surface area contributed by atoms with Crippen molar-refractivity contribution in [3.63, 3.8) is 0 Å². The summed E-state index contributed by atoms with van der Waals surface area (Å²) in [5.41, 5.74) is 5.20. The van der Waals surface area contributed by atoms with Crippen LogP contribution in [0, 0.1) is 0 Å². The highest BCUT2D eigenvalue weighted by molar-refractivity contribution is 4.96. The maximum Gasteiger partial charge on any atom is 0.117 e. The number of ether oxygens (including phenoxy) is 1. The number of hydrogen-bond donors (Lipinski definition) is 2. The molecule has 0 saturated heterocycles. The van der Waals surface area contributed by atoms with Gasteiger partial charge < -0.3 is 21.0 Å². The van der Waals surface area contributed by atoms with Crippen LogP contribution in [0.15, 0.2) is 22.8 Å². The largest absolute Gasteiger partial charge is 0.468 e. The lowest BCUT2D eigenvalue weighted by molar-refractivity contribution is 0.162. The summed E-state index contributed by atoms with van der Waals surface area (Å²) in [5.74, 6) is 0.833. The fraction of sp³-hybridized carbons (Fsp3) is 0.556. The molecule has 1 heterocycles. The van der Waals surface area contributed by atoms with Gasteiger partial charge in [0, 0.05) is 13.2 Å². The van der Waals surface area contributed by atoms with Gasteiger partial charge >= 0.3 is 0 Å². The fourth-order valence-electron chi connectivity index (χ4n) is 0.633. The first-order valence-electron chi connectivity index (χ1n) is 4.15. The molecule has 0 aliphatic heterocycles. The first-order valence-corrected chi connectivity index (χ1v) is 4.15. The second kappa shape index (κ2) is 11.2. The Morgan fingerprint density at radius 3 is 2.15 bits per heavy atom. The summed E-state index contributed by atoms with van der Waals surface area (Å²) in [6.45, 7) is 6.16. The molecule has 0 aromatic carbocycles. The maximum atomic E-state index is 5.20. The monoisotopic (exact) mass is 188 g/mol. The van der Waals surface area contributed by atoms with Crippen LogP contribution in [0.3, 0.4) is 0 Å². The smallest absolute Gasteiger partial charge is 0.117 e. The third-order valence-corrected chi connectivity index (χ3v) is 1.19. The fourth-order valence-corrected chi connectivity index (χ4v) is 0.633. The highest BCUT2D eigenvalue weighted by atomic mass is 16.5. The lowest BCUT2D eigenvalue weighted by atomic mass is 10.5. The molecule has 4 nitrogen and oxygen atoms in total. The van der Waals surface area contributed by atoms with E-state index in [0.29, 0.717) is 6.54 Å². The van der Waals surface area contributed by atoms with Gasteiger partial charge in [0.2, 0.25) is 0 Å². The Labute approximate surface area is 79.6 Å². The zero-order valence-electron chi connectivity index (χ0n) is 8.45. The summed E-state index contributed by atoms with van der Waals surface area (Å²) in [6, 6.07) is 3.67. The number of furan rings is 1. The highest BCUT2D eigenvalue weighted by Crippen LogP contribution is 1.95. The predicted molar refractivity (Wildman–Crippen MR) is 53.8 cm³/mol. The van der Waals surface area contributed by atoms with Gasteiger partial charge in [-0.1, -0.05) is 0 Å². The Bertz CT molecular complexity index is 162. The van der Waals surface area contributed by atoms with Crippen molar-refractivity contribution in [3.05, 3.63) is 24.2 Å². The van der Waals surface area contributed by atoms with Crippen LogP contribution < -0.4 is 11.9 Å². The molecule has 5 N–H and O–H groups in total. The van der Waals surface area contributed by atoms with Crippen LogP contribution in [0.1, 0.15) is 19.6 Å². The van der Waals surface area contributed by atoms with Gasteiger partial charge in [-0.05, 0) is 26.0 Å². The molecule has 1 aromatic rings. The van der Waals surface area contributed by atoms with Crippen molar-refractivity contribution in [3.8, 4) is 0 Å². The van der Waals surface area contributed by atoms with E-state index in [-0.39, 0.29) is 6.15 Å². The van der Waals surface area contributed by atoms with Gasteiger partial charge in [0.25, 0.3) is 0 Å². The third kappa shape index (κ3) is 9.07. The third-order valence-electron chi connectivity index (χ3n) is 1.19. The summed E-state index contributed by atoms with van der Waals surface area (Å²) in [6.07, 6.45) is 1.61. The first kappa shape index (κ1) is 14.7. The van der Waals surface area contributed by atoms with E-state index < -0.39 is 0 Å². The average Bonchev–Trinajstić information content (AvgIpc) is 2.58. The minimum Gasteiger partial charge on any atom is -0.468 e. The quantitative estimate of drug-likeness (QED) is 0.759. The summed E-state index contributed by atoms with van der Waals surface area (Å²) in [7, 11) is 0. The van der Waals surface area contributed by atoms with E-state index in [2.05, 4.69) is 0 Å². The van der Waals surface area contributed by atoms with Gasteiger partial charge in [-0.25, -0.2) is 0 Å². The molecule has 0 atom stereocenters. The summed E-state index contributed by atoms with van der Waals surface area (Å²) < 4.78 is 9.69. The van der Waals surface area contributed by atoms with E-state index in [4.69, 9.17) is 14.9 Å². The Morgan fingerprint density at radius 2 is 2.00 bits per heavy atom. The minimum atomic E-state index is 0. The standard InChI is InChI=1S/C5H7NO.C4H10O.H3N/c6-4-5-2-1-3-7-5;1-3-5-4-2;/h1-3H,4,6H2;3-4H2,1-2H3;1H3. The molecule has 1 aromatic heterocycles. The van der Waals surface area contributed by atoms with Gasteiger partial charge in [-0.2, -0.15) is 0 Å². The van der Waals surface area contributed by atoms with Crippen molar-refractivity contribution in [2.45, 2.75) is 20.4 Å². The van der Waals surface area contributed by atoms with E-state index in [9.17, 15) is 0 Å². The Balaban J connectivity index is 0. The molecule has 4 heteroatoms. The molecule has 13 heavy (non-hydrogen) atoms. The van der Waals surface area contributed by atoms with Gasteiger partial charge in [-0.3, -0.25) is 0 Å². The topological polar surface area (TPSA) is 83.4 Å². The van der Waals surface area contributed by atoms with E-state index in [1.54, 1.807) is 6.26 Å². The molecule has 0 aliphatic carbocycles. The van der Waals surface area contributed by atoms with Crippen LogP contribution in [0.4, 0.5) is 0 Å². The number of hydrogen-bond acceptors (Lipinski definition) is 4. The number of nitrogens with two attached hydrogens (primary N) is 1. The molecular weight excluding hydrogens is 168 g/mol. The van der Waals surface area contributed by atoms with Crippen molar-refractivity contribution in [1.29, 1.82) is 0 Å². The summed E-state index contributed by atoms with van der Waals surface area (Å²) in [5, 5.41) is 0. The van der Waals surface area contributed by atoms with E-state index in [1.165, 1.54) is 0 Å². The zero-order chi connectivity index (χ0) is 9.23. The molecule has 0 aliphatic rings. The molecule has 0 bridgehead atoms. The normalized spacial score (nSPS) is 8.23. The van der Waals surface area contributed by atoms with Crippen LogP contribution in [0.25, 0.3) is 0 Å². The molecular formula is C9H20N2O2. The molecule has 0 spiro atoms. The van der Waals surface area contributed by atoms with Gasteiger partial charge in [0.1, 0.15) is 5.76 Å². The molecule has 0 fully saturated rings. The first-order chi connectivity index (χ1) is 5.85. The van der Waals surface area contributed by atoms with Crippen molar-refractivity contribution < 1.29 is 9.15 Å². The van der Waals surface area contributed by atoms with Crippen molar-refractivity contribution >= 4 is 0 Å². The lowest BCUT2D eigenvalue weighted by Crippen LogP contribution is -1.92. The molecule has 78 valence electrons. The van der Waals surface area contributed by atoms with E-state index in [1.807, 2.05) is 26.0 Å². The van der Waals surface area contributed by atoms with Crippen molar-refractivity contribution in [2.24, 2.45) is 5.73 Å². The van der Waals surface area contributed by atoms with Crippen molar-refractivity contribution in [1.82, 2.24) is 6.15 Å². The Morgan fingerprint density at radius 1 is 1.38 bits per heavy atom. The van der Waals surface area contributed by atoms with Gasteiger partial charge in [-0.15, -0.1) is 0 Å². The van der Waals surface area contributed by atoms with Gasteiger partial charge in [0.15, 0.2) is 0 Å². The van der Waals surface area contributed by atoms with Crippen LogP contribution in [-0.2, 0) is 11.3 Å². The summed E-state index contributed by atoms with van der Waals surface area (Å²) >= 11 is 0. The highest BCUT2D eigenvalue weighted by Gasteiger charge is 1.84. The summed E-state index contributed by atoms with van der Waals surface area (Å²) in [4.78, 5) is 0.